The van der Waals surface area contributed by atoms with Gasteiger partial charge in [0.2, 0.25) is 0 Å². The third-order valence-corrected chi connectivity index (χ3v) is 2.84. The Labute approximate surface area is 117 Å². The minimum atomic E-state index is -0.0830. The van der Waals surface area contributed by atoms with Crippen LogP contribution in [0.4, 0.5) is 0 Å². The van der Waals surface area contributed by atoms with Crippen molar-refractivity contribution < 1.29 is 4.79 Å². The summed E-state index contributed by atoms with van der Waals surface area (Å²) in [6.07, 6.45) is 3.10. The van der Waals surface area contributed by atoms with E-state index in [0.717, 1.165) is 11.1 Å². The quantitative estimate of drug-likeness (QED) is 0.815. The van der Waals surface area contributed by atoms with Gasteiger partial charge in [-0.15, -0.1) is 0 Å². The van der Waals surface area contributed by atoms with Gasteiger partial charge in [-0.2, -0.15) is 5.10 Å². The third kappa shape index (κ3) is 3.25. The summed E-state index contributed by atoms with van der Waals surface area (Å²) >= 11 is 0. The average Bonchev–Trinajstić information content (AvgIpc) is 2.99. The number of amides is 1. The number of nitrogens with two attached hydrogens (primary N) is 1. The second-order valence-corrected chi connectivity index (χ2v) is 4.31. The lowest BCUT2D eigenvalue weighted by Crippen LogP contribution is -2.26. The highest BCUT2D eigenvalue weighted by molar-refractivity contribution is 5.93. The van der Waals surface area contributed by atoms with Crippen molar-refractivity contribution in [2.45, 2.75) is 6.54 Å². The number of benzene rings is 1. The Morgan fingerprint density at radius 3 is 2.95 bits per heavy atom. The van der Waals surface area contributed by atoms with E-state index in [0.29, 0.717) is 18.7 Å². The molecule has 20 heavy (non-hydrogen) atoms. The van der Waals surface area contributed by atoms with E-state index in [1.54, 1.807) is 18.1 Å². The van der Waals surface area contributed by atoms with Gasteiger partial charge in [0.25, 0.3) is 5.91 Å². The van der Waals surface area contributed by atoms with Gasteiger partial charge in [-0.1, -0.05) is 30.0 Å². The lowest BCUT2D eigenvalue weighted by molar-refractivity contribution is 0.0785. The Hall–Kier alpha value is -2.58. The maximum absolute atomic E-state index is 12.1. The van der Waals surface area contributed by atoms with Crippen LogP contribution in [0.2, 0.25) is 0 Å². The molecule has 2 rings (SSSR count). The summed E-state index contributed by atoms with van der Waals surface area (Å²) < 4.78 is 0. The fraction of sp³-hybridized carbons (Fsp3) is 0.200. The second-order valence-electron chi connectivity index (χ2n) is 4.31. The van der Waals surface area contributed by atoms with Crippen LogP contribution in [0.25, 0.3) is 0 Å². The normalized spacial score (nSPS) is 9.70. The van der Waals surface area contributed by atoms with Crippen molar-refractivity contribution in [3.05, 3.63) is 53.3 Å². The molecule has 3 N–H and O–H groups in total. The van der Waals surface area contributed by atoms with Crippen LogP contribution in [0.1, 0.15) is 21.5 Å². The molecule has 0 saturated heterocycles. The van der Waals surface area contributed by atoms with Crippen molar-refractivity contribution in [3.8, 4) is 11.8 Å². The molecule has 0 aliphatic carbocycles. The SMILES string of the molecule is CN(Cc1ccccc1C#CCN)C(=O)c1cn[nH]c1. The van der Waals surface area contributed by atoms with Gasteiger partial charge in [-0.25, -0.2) is 0 Å². The van der Waals surface area contributed by atoms with Crippen LogP contribution < -0.4 is 5.73 Å². The van der Waals surface area contributed by atoms with Crippen molar-refractivity contribution in [3.63, 3.8) is 0 Å². The topological polar surface area (TPSA) is 75.0 Å². The van der Waals surface area contributed by atoms with Crippen LogP contribution in [0, 0.1) is 11.8 Å². The summed E-state index contributed by atoms with van der Waals surface area (Å²) in [6.45, 7) is 0.803. The number of hydrogen-bond donors (Lipinski definition) is 2. The van der Waals surface area contributed by atoms with E-state index < -0.39 is 0 Å². The standard InChI is InChI=1S/C15H16N4O/c1-19(15(20)14-9-17-18-10-14)11-13-6-3-2-5-12(13)7-4-8-16/h2-3,5-6,9-10H,8,11,16H2,1H3,(H,17,18). The molecule has 102 valence electrons. The van der Waals surface area contributed by atoms with Gasteiger partial charge in [-0.05, 0) is 11.6 Å². The molecule has 0 bridgehead atoms. The number of rotatable bonds is 3. The summed E-state index contributed by atoms with van der Waals surface area (Å²) in [7, 11) is 1.75. The molecule has 0 fully saturated rings. The molecule has 0 aliphatic rings. The summed E-state index contributed by atoms with van der Waals surface area (Å²) in [5.41, 5.74) is 7.82. The lowest BCUT2D eigenvalue weighted by Gasteiger charge is -2.17. The van der Waals surface area contributed by atoms with E-state index in [-0.39, 0.29) is 5.91 Å². The first kappa shape index (κ1) is 13.8. The Morgan fingerprint density at radius 2 is 2.25 bits per heavy atom. The number of nitrogens with one attached hydrogen (secondary N) is 1. The number of hydrogen-bond acceptors (Lipinski definition) is 3. The number of H-pyrrole nitrogens is 1. The van der Waals surface area contributed by atoms with Gasteiger partial charge >= 0.3 is 0 Å². The first-order valence-electron chi connectivity index (χ1n) is 6.23. The van der Waals surface area contributed by atoms with Gasteiger partial charge < -0.3 is 10.6 Å². The van der Waals surface area contributed by atoms with Gasteiger partial charge in [0.1, 0.15) is 0 Å². The smallest absolute Gasteiger partial charge is 0.257 e. The van der Waals surface area contributed by atoms with E-state index in [4.69, 9.17) is 5.73 Å². The molecular formula is C15H16N4O. The van der Waals surface area contributed by atoms with Gasteiger partial charge in [0, 0.05) is 25.4 Å². The Balaban J connectivity index is 2.15. The van der Waals surface area contributed by atoms with Crippen molar-refractivity contribution in [1.29, 1.82) is 0 Å². The van der Waals surface area contributed by atoms with Gasteiger partial charge in [0.05, 0.1) is 18.3 Å². The summed E-state index contributed by atoms with van der Waals surface area (Å²) in [6, 6.07) is 7.73. The molecule has 0 atom stereocenters. The van der Waals surface area contributed by atoms with Crippen LogP contribution >= 0.6 is 0 Å². The third-order valence-electron chi connectivity index (χ3n) is 2.84. The largest absolute Gasteiger partial charge is 0.337 e. The molecule has 5 heteroatoms. The predicted octanol–water partition coefficient (Wildman–Crippen LogP) is 0.992. The Kier molecular flexibility index (Phi) is 4.53. The molecule has 2 aromatic rings. The predicted molar refractivity (Wildman–Crippen MR) is 76.8 cm³/mol. The van der Waals surface area contributed by atoms with Crippen LogP contribution in [0.3, 0.4) is 0 Å². The first-order chi connectivity index (χ1) is 9.72. The molecule has 0 radical (unpaired) electrons. The van der Waals surface area contributed by atoms with E-state index in [2.05, 4.69) is 22.0 Å². The molecule has 1 amide bonds. The van der Waals surface area contributed by atoms with Crippen LogP contribution in [-0.4, -0.2) is 34.6 Å². The minimum Gasteiger partial charge on any atom is -0.337 e. The van der Waals surface area contributed by atoms with Crippen molar-refractivity contribution in [2.24, 2.45) is 5.73 Å². The van der Waals surface area contributed by atoms with Crippen molar-refractivity contribution in [2.75, 3.05) is 13.6 Å². The average molecular weight is 268 g/mol. The summed E-state index contributed by atoms with van der Waals surface area (Å²) in [4.78, 5) is 13.8. The first-order valence-corrected chi connectivity index (χ1v) is 6.23. The molecule has 1 aromatic carbocycles. The Morgan fingerprint density at radius 1 is 1.45 bits per heavy atom. The van der Waals surface area contributed by atoms with Crippen molar-refractivity contribution >= 4 is 5.91 Å². The van der Waals surface area contributed by atoms with E-state index in [1.807, 2.05) is 24.3 Å². The maximum atomic E-state index is 12.1. The van der Waals surface area contributed by atoms with E-state index in [1.165, 1.54) is 6.20 Å². The molecule has 5 nitrogen and oxygen atoms in total. The highest BCUT2D eigenvalue weighted by atomic mass is 16.2. The monoisotopic (exact) mass is 268 g/mol. The number of aromatic nitrogens is 2. The van der Waals surface area contributed by atoms with Crippen molar-refractivity contribution in [1.82, 2.24) is 15.1 Å². The zero-order valence-electron chi connectivity index (χ0n) is 11.3. The van der Waals surface area contributed by atoms with Gasteiger partial charge in [0.15, 0.2) is 0 Å². The lowest BCUT2D eigenvalue weighted by atomic mass is 10.1. The van der Waals surface area contributed by atoms with E-state index >= 15 is 0 Å². The highest BCUT2D eigenvalue weighted by Gasteiger charge is 2.13. The number of carbonyl (C=O) groups is 1. The molecule has 0 saturated carbocycles. The number of aromatic amines is 1. The zero-order chi connectivity index (χ0) is 14.4. The molecule has 1 aromatic heterocycles. The zero-order valence-corrected chi connectivity index (χ0v) is 11.3. The highest BCUT2D eigenvalue weighted by Crippen LogP contribution is 2.11. The van der Waals surface area contributed by atoms with E-state index in [9.17, 15) is 4.79 Å². The van der Waals surface area contributed by atoms with Crippen LogP contribution in [0.5, 0.6) is 0 Å². The van der Waals surface area contributed by atoms with Crippen LogP contribution in [-0.2, 0) is 6.54 Å². The molecule has 0 unspecified atom stereocenters. The molecule has 0 spiro atoms. The summed E-state index contributed by atoms with van der Waals surface area (Å²) in [5.74, 6) is 5.77. The fourth-order valence-electron chi connectivity index (χ4n) is 1.84. The number of nitrogens with zero attached hydrogens (tertiary/aromatic N) is 2. The van der Waals surface area contributed by atoms with Gasteiger partial charge in [-0.3, -0.25) is 9.89 Å². The molecule has 1 heterocycles. The number of carbonyl (C=O) groups excluding carboxylic acids is 1. The second kappa shape index (κ2) is 6.55. The minimum absolute atomic E-state index is 0.0830. The maximum Gasteiger partial charge on any atom is 0.257 e. The Bertz CT molecular complexity index is 637. The van der Waals surface area contributed by atoms with Crippen LogP contribution in [0.15, 0.2) is 36.7 Å². The molecule has 0 aliphatic heterocycles. The fourth-order valence-corrected chi connectivity index (χ4v) is 1.84. The summed E-state index contributed by atoms with van der Waals surface area (Å²) in [5, 5.41) is 6.42. The molecular weight excluding hydrogens is 252 g/mol.